The zero-order valence-electron chi connectivity index (χ0n) is 22.4. The van der Waals surface area contributed by atoms with Crippen molar-refractivity contribution >= 4 is 23.4 Å². The molecule has 3 aromatic rings. The molecule has 1 aromatic heterocycles. The minimum absolute atomic E-state index is 0.0523. The van der Waals surface area contributed by atoms with Gasteiger partial charge in [0.15, 0.2) is 12.4 Å². The van der Waals surface area contributed by atoms with Crippen LogP contribution >= 0.6 is 11.6 Å². The van der Waals surface area contributed by atoms with Gasteiger partial charge < -0.3 is 23.7 Å². The summed E-state index contributed by atoms with van der Waals surface area (Å²) >= 11 is 6.49. The number of halogens is 1. The average molecular weight is 551 g/mol. The topological polar surface area (TPSA) is 72.2 Å². The van der Waals surface area contributed by atoms with Crippen LogP contribution in [0.5, 0.6) is 5.75 Å². The highest BCUT2D eigenvalue weighted by Gasteiger charge is 2.35. The van der Waals surface area contributed by atoms with Crippen molar-refractivity contribution in [2.24, 2.45) is 11.8 Å². The van der Waals surface area contributed by atoms with Crippen LogP contribution in [-0.4, -0.2) is 61.0 Å². The first kappa shape index (κ1) is 27.3. The molecule has 2 amide bonds. The van der Waals surface area contributed by atoms with E-state index in [1.165, 1.54) is 6.26 Å². The maximum Gasteiger partial charge on any atom is 0.289 e. The molecule has 0 aliphatic carbocycles. The van der Waals surface area contributed by atoms with E-state index in [0.29, 0.717) is 56.1 Å². The number of benzene rings is 2. The molecule has 0 spiro atoms. The van der Waals surface area contributed by atoms with Gasteiger partial charge in [-0.3, -0.25) is 9.59 Å². The Morgan fingerprint density at radius 2 is 1.77 bits per heavy atom. The largest absolute Gasteiger partial charge is 0.484 e. The Morgan fingerprint density at radius 3 is 2.49 bits per heavy atom. The number of nitrogens with zero attached hydrogens (tertiary/aromatic N) is 2. The van der Waals surface area contributed by atoms with Crippen molar-refractivity contribution in [3.8, 4) is 5.75 Å². The second kappa shape index (κ2) is 12.3. The monoisotopic (exact) mass is 550 g/mol. The zero-order valence-corrected chi connectivity index (χ0v) is 23.2. The van der Waals surface area contributed by atoms with Crippen LogP contribution in [0, 0.1) is 11.8 Å². The second-order valence-electron chi connectivity index (χ2n) is 10.6. The Kier molecular flexibility index (Phi) is 8.58. The third-order valence-corrected chi connectivity index (χ3v) is 8.17. The van der Waals surface area contributed by atoms with Gasteiger partial charge in [-0.2, -0.15) is 0 Å². The van der Waals surface area contributed by atoms with Crippen LogP contribution in [0.1, 0.15) is 54.0 Å². The normalized spacial score (nSPS) is 21.7. The molecule has 3 heterocycles. The van der Waals surface area contributed by atoms with E-state index >= 15 is 0 Å². The molecule has 8 heteroatoms. The molecule has 2 aliphatic heterocycles. The van der Waals surface area contributed by atoms with Gasteiger partial charge in [-0.25, -0.2) is 0 Å². The average Bonchev–Trinajstić information content (AvgIpc) is 3.51. The number of piperazine rings is 1. The number of carbonyl (C=O) groups is 2. The maximum absolute atomic E-state index is 12.8. The summed E-state index contributed by atoms with van der Waals surface area (Å²) < 4.78 is 17.6. The van der Waals surface area contributed by atoms with Gasteiger partial charge in [0.1, 0.15) is 5.75 Å². The quantitative estimate of drug-likeness (QED) is 0.371. The summed E-state index contributed by atoms with van der Waals surface area (Å²) in [7, 11) is 0. The number of ether oxygens (including phenoxy) is 2. The molecular weight excluding hydrogens is 516 g/mol. The minimum Gasteiger partial charge on any atom is -0.484 e. The summed E-state index contributed by atoms with van der Waals surface area (Å²) in [4.78, 5) is 28.8. The van der Waals surface area contributed by atoms with E-state index in [0.717, 1.165) is 22.6 Å². The van der Waals surface area contributed by atoms with Crippen LogP contribution in [-0.2, 0) is 9.53 Å². The first-order valence-electron chi connectivity index (χ1n) is 13.6. The van der Waals surface area contributed by atoms with Crippen molar-refractivity contribution in [3.05, 3.63) is 88.8 Å². The first-order chi connectivity index (χ1) is 18.9. The van der Waals surface area contributed by atoms with Crippen LogP contribution < -0.4 is 4.74 Å². The Hall–Kier alpha value is -3.29. The lowest BCUT2D eigenvalue weighted by atomic mass is 9.76. The molecule has 0 saturated carbocycles. The Balaban J connectivity index is 1.17. The Labute approximate surface area is 234 Å². The van der Waals surface area contributed by atoms with Crippen molar-refractivity contribution in [2.75, 3.05) is 39.4 Å². The van der Waals surface area contributed by atoms with Crippen molar-refractivity contribution in [1.29, 1.82) is 0 Å². The molecule has 5 rings (SSSR count). The van der Waals surface area contributed by atoms with E-state index in [4.69, 9.17) is 25.5 Å². The van der Waals surface area contributed by atoms with Crippen molar-refractivity contribution in [1.82, 2.24) is 9.80 Å². The van der Waals surface area contributed by atoms with Crippen LogP contribution in [0.4, 0.5) is 0 Å². The van der Waals surface area contributed by atoms with E-state index in [-0.39, 0.29) is 30.4 Å². The van der Waals surface area contributed by atoms with E-state index in [1.54, 1.807) is 21.9 Å². The molecular formula is C31H35ClN2O5. The zero-order chi connectivity index (χ0) is 27.4. The van der Waals surface area contributed by atoms with Crippen molar-refractivity contribution in [3.63, 3.8) is 0 Å². The molecule has 0 N–H and O–H groups in total. The van der Waals surface area contributed by atoms with Gasteiger partial charge in [-0.05, 0) is 59.7 Å². The van der Waals surface area contributed by atoms with Gasteiger partial charge in [0.05, 0.1) is 19.0 Å². The SMILES string of the molecule is CC(C)[C@@H]1C[C@H](c2ccccc2Cl)CO[C@H]1c1cccc(OCC(=O)N2CCN(C(=O)c3ccco3)CC2)c1. The third kappa shape index (κ3) is 6.31. The lowest BCUT2D eigenvalue weighted by molar-refractivity contribution is -0.134. The molecule has 7 nitrogen and oxygen atoms in total. The van der Waals surface area contributed by atoms with E-state index in [9.17, 15) is 9.59 Å². The number of hydrogen-bond donors (Lipinski definition) is 0. The first-order valence-corrected chi connectivity index (χ1v) is 14.0. The fourth-order valence-electron chi connectivity index (χ4n) is 5.58. The van der Waals surface area contributed by atoms with Gasteiger partial charge in [-0.1, -0.05) is 55.8 Å². The van der Waals surface area contributed by atoms with E-state index in [2.05, 4.69) is 26.0 Å². The molecule has 0 unspecified atom stereocenters. The minimum atomic E-state index is -0.150. The maximum atomic E-state index is 12.8. The van der Waals surface area contributed by atoms with Crippen molar-refractivity contribution in [2.45, 2.75) is 32.3 Å². The van der Waals surface area contributed by atoms with E-state index in [1.807, 2.05) is 36.4 Å². The molecule has 2 aromatic carbocycles. The van der Waals surface area contributed by atoms with Crippen molar-refractivity contribution < 1.29 is 23.5 Å². The van der Waals surface area contributed by atoms with Gasteiger partial charge >= 0.3 is 0 Å². The third-order valence-electron chi connectivity index (χ3n) is 7.82. The van der Waals surface area contributed by atoms with Crippen LogP contribution in [0.15, 0.2) is 71.3 Å². The van der Waals surface area contributed by atoms with E-state index < -0.39 is 0 Å². The van der Waals surface area contributed by atoms with Gasteiger partial charge in [0.2, 0.25) is 0 Å². The predicted molar refractivity (Wildman–Crippen MR) is 149 cm³/mol. The molecule has 0 bridgehead atoms. The lowest BCUT2D eigenvalue weighted by Gasteiger charge is -2.39. The highest BCUT2D eigenvalue weighted by atomic mass is 35.5. The fourth-order valence-corrected chi connectivity index (χ4v) is 5.87. The van der Waals surface area contributed by atoms with Gasteiger partial charge in [0.25, 0.3) is 11.8 Å². The number of rotatable bonds is 7. The molecule has 39 heavy (non-hydrogen) atoms. The number of hydrogen-bond acceptors (Lipinski definition) is 5. The second-order valence-corrected chi connectivity index (χ2v) is 11.0. The lowest BCUT2D eigenvalue weighted by Crippen LogP contribution is -2.51. The van der Waals surface area contributed by atoms with Gasteiger partial charge in [0, 0.05) is 37.1 Å². The molecule has 2 fully saturated rings. The molecule has 2 saturated heterocycles. The predicted octanol–water partition coefficient (Wildman–Crippen LogP) is 5.81. The smallest absolute Gasteiger partial charge is 0.289 e. The highest BCUT2D eigenvalue weighted by Crippen LogP contribution is 2.45. The number of furan rings is 1. The molecule has 2 aliphatic rings. The number of amides is 2. The molecule has 0 radical (unpaired) electrons. The fraction of sp³-hybridized carbons (Fsp3) is 0.419. The summed E-state index contributed by atoms with van der Waals surface area (Å²) in [5.74, 6) is 1.71. The highest BCUT2D eigenvalue weighted by molar-refractivity contribution is 6.31. The summed E-state index contributed by atoms with van der Waals surface area (Å²) in [6.45, 7) is 6.88. The molecule has 206 valence electrons. The van der Waals surface area contributed by atoms with Crippen LogP contribution in [0.25, 0.3) is 0 Å². The Morgan fingerprint density at radius 1 is 1.00 bits per heavy atom. The Bertz CT molecular complexity index is 1270. The molecule has 3 atom stereocenters. The van der Waals surface area contributed by atoms with Gasteiger partial charge in [-0.15, -0.1) is 0 Å². The van der Waals surface area contributed by atoms with Crippen LogP contribution in [0.2, 0.25) is 5.02 Å². The summed E-state index contributed by atoms with van der Waals surface area (Å²) in [5, 5.41) is 0.789. The standard InChI is InChI=1S/C31H35ClN2O5/c1-21(2)26-18-23(25-9-3-4-10-27(25)32)19-39-30(26)22-7-5-8-24(17-22)38-20-29(35)33-12-14-34(15-13-33)31(36)28-11-6-16-37-28/h3-11,16-17,21,23,26,30H,12-15,18-20H2,1-2H3/t23-,26-,30-/m0/s1. The summed E-state index contributed by atoms with van der Waals surface area (Å²) in [6, 6.07) is 19.2. The van der Waals surface area contributed by atoms with Crippen LogP contribution in [0.3, 0.4) is 0 Å². The number of carbonyl (C=O) groups excluding carboxylic acids is 2. The summed E-state index contributed by atoms with van der Waals surface area (Å²) in [6.07, 6.45) is 2.42. The summed E-state index contributed by atoms with van der Waals surface area (Å²) in [5.41, 5.74) is 2.20.